The molecule has 0 radical (unpaired) electrons. The molecule has 1 rings (SSSR count). The van der Waals surface area contributed by atoms with Gasteiger partial charge in [0.25, 0.3) is 0 Å². The quantitative estimate of drug-likeness (QED) is 0.811. The molecule has 104 valence electrons. The number of aryl methyl sites for hydroxylation is 1. The molecule has 4 nitrogen and oxygen atoms in total. The van der Waals surface area contributed by atoms with Crippen molar-refractivity contribution in [2.75, 3.05) is 0 Å². The molecule has 18 heavy (non-hydrogen) atoms. The van der Waals surface area contributed by atoms with Gasteiger partial charge in [0.15, 0.2) is 0 Å². The van der Waals surface area contributed by atoms with E-state index in [-0.39, 0.29) is 6.04 Å². The summed E-state index contributed by atoms with van der Waals surface area (Å²) in [4.78, 5) is 0. The molecule has 1 heterocycles. The minimum atomic E-state index is 0.250. The van der Waals surface area contributed by atoms with Crippen LogP contribution < -0.4 is 5.32 Å². The molecule has 0 aliphatic rings. The molecule has 0 saturated carbocycles. The van der Waals surface area contributed by atoms with Gasteiger partial charge < -0.3 is 9.88 Å². The highest BCUT2D eigenvalue weighted by atomic mass is 15.3. The average Bonchev–Trinajstić information content (AvgIpc) is 2.61. The normalized spacial score (nSPS) is 13.8. The van der Waals surface area contributed by atoms with Crippen LogP contribution in [0.3, 0.4) is 0 Å². The Balaban J connectivity index is 2.62. The van der Waals surface area contributed by atoms with Gasteiger partial charge in [-0.2, -0.15) is 0 Å². The van der Waals surface area contributed by atoms with E-state index in [1.807, 2.05) is 11.6 Å². The van der Waals surface area contributed by atoms with Crippen molar-refractivity contribution in [3.63, 3.8) is 0 Å². The summed E-state index contributed by atoms with van der Waals surface area (Å²) in [6.07, 6.45) is 4.17. The second kappa shape index (κ2) is 6.88. The fourth-order valence-electron chi connectivity index (χ4n) is 2.48. The van der Waals surface area contributed by atoms with E-state index in [2.05, 4.69) is 50.1 Å². The van der Waals surface area contributed by atoms with Crippen molar-refractivity contribution >= 4 is 0 Å². The molecular weight excluding hydrogens is 224 g/mol. The summed E-state index contributed by atoms with van der Waals surface area (Å²) in [6.45, 7) is 11.3. The van der Waals surface area contributed by atoms with Crippen molar-refractivity contribution in [1.29, 1.82) is 0 Å². The van der Waals surface area contributed by atoms with Crippen LogP contribution in [0.5, 0.6) is 0 Å². The number of aromatic nitrogens is 3. The lowest BCUT2D eigenvalue weighted by atomic mass is 9.95. The number of hydrogen-bond acceptors (Lipinski definition) is 3. The summed E-state index contributed by atoms with van der Waals surface area (Å²) < 4.78 is 1.99. The van der Waals surface area contributed by atoms with Gasteiger partial charge in [0.2, 0.25) is 0 Å². The van der Waals surface area contributed by atoms with E-state index in [0.717, 1.165) is 5.82 Å². The third-order valence-electron chi connectivity index (χ3n) is 3.13. The molecule has 4 heteroatoms. The van der Waals surface area contributed by atoms with Crippen molar-refractivity contribution in [3.05, 3.63) is 12.2 Å². The van der Waals surface area contributed by atoms with E-state index in [1.165, 1.54) is 12.8 Å². The van der Waals surface area contributed by atoms with Crippen molar-refractivity contribution in [3.8, 4) is 0 Å². The maximum Gasteiger partial charge on any atom is 0.149 e. The molecule has 1 aromatic rings. The zero-order chi connectivity index (χ0) is 13.7. The van der Waals surface area contributed by atoms with Crippen molar-refractivity contribution in [2.24, 2.45) is 18.9 Å². The van der Waals surface area contributed by atoms with Gasteiger partial charge in [0.1, 0.15) is 12.2 Å². The van der Waals surface area contributed by atoms with Crippen molar-refractivity contribution in [1.82, 2.24) is 20.1 Å². The van der Waals surface area contributed by atoms with Crippen LogP contribution in [0.2, 0.25) is 0 Å². The zero-order valence-corrected chi connectivity index (χ0v) is 12.6. The topological polar surface area (TPSA) is 42.7 Å². The smallest absolute Gasteiger partial charge is 0.149 e. The molecule has 1 atom stereocenters. The Hall–Kier alpha value is -0.900. The molecule has 1 aromatic heterocycles. The minimum Gasteiger partial charge on any atom is -0.319 e. The number of nitrogens with one attached hydrogen (secondary N) is 1. The average molecular weight is 252 g/mol. The lowest BCUT2D eigenvalue weighted by molar-refractivity contribution is 0.328. The lowest BCUT2D eigenvalue weighted by Crippen LogP contribution is -2.35. The van der Waals surface area contributed by atoms with Gasteiger partial charge in [0, 0.05) is 13.1 Å². The van der Waals surface area contributed by atoms with E-state index in [1.54, 1.807) is 6.33 Å². The van der Waals surface area contributed by atoms with Gasteiger partial charge in [-0.3, -0.25) is 0 Å². The summed E-state index contributed by atoms with van der Waals surface area (Å²) in [6, 6.07) is 0.802. The first-order chi connectivity index (χ1) is 8.40. The van der Waals surface area contributed by atoms with Gasteiger partial charge in [0.05, 0.1) is 6.04 Å². The van der Waals surface area contributed by atoms with Crippen molar-refractivity contribution < 1.29 is 0 Å². The van der Waals surface area contributed by atoms with Gasteiger partial charge in [-0.05, 0) is 31.6 Å². The summed E-state index contributed by atoms with van der Waals surface area (Å²) in [5.41, 5.74) is 0. The predicted molar refractivity (Wildman–Crippen MR) is 75.3 cm³/mol. The highest BCUT2D eigenvalue weighted by Crippen LogP contribution is 2.17. The molecule has 1 unspecified atom stereocenters. The monoisotopic (exact) mass is 252 g/mol. The van der Waals surface area contributed by atoms with Crippen LogP contribution in [0.15, 0.2) is 6.33 Å². The Bertz CT molecular complexity index is 333. The maximum absolute atomic E-state index is 4.18. The Labute approximate surface area is 111 Å². The minimum absolute atomic E-state index is 0.250. The van der Waals surface area contributed by atoms with E-state index in [0.29, 0.717) is 17.9 Å². The third-order valence-corrected chi connectivity index (χ3v) is 3.13. The predicted octanol–water partition coefficient (Wildman–Crippen LogP) is 2.93. The Morgan fingerprint density at radius 3 is 2.06 bits per heavy atom. The fourth-order valence-corrected chi connectivity index (χ4v) is 2.48. The van der Waals surface area contributed by atoms with Gasteiger partial charge in [-0.15, -0.1) is 10.2 Å². The van der Waals surface area contributed by atoms with Gasteiger partial charge in [-0.1, -0.05) is 27.7 Å². The molecule has 0 aromatic carbocycles. The SMILES string of the molecule is CC(C)CC(CC(C)C)NC(C)c1nncn1C. The van der Waals surface area contributed by atoms with Crippen LogP contribution in [0.1, 0.15) is 59.3 Å². The molecule has 0 fully saturated rings. The second-order valence-electron chi connectivity index (χ2n) is 6.14. The van der Waals surface area contributed by atoms with Crippen molar-refractivity contribution in [2.45, 2.75) is 59.5 Å². The molecule has 0 saturated heterocycles. The first kappa shape index (κ1) is 15.2. The van der Waals surface area contributed by atoms with E-state index in [4.69, 9.17) is 0 Å². The third kappa shape index (κ3) is 4.77. The summed E-state index contributed by atoms with van der Waals surface area (Å²) in [5, 5.41) is 11.8. The number of hydrogen-bond donors (Lipinski definition) is 1. The highest BCUT2D eigenvalue weighted by Gasteiger charge is 2.18. The molecule has 0 amide bonds. The summed E-state index contributed by atoms with van der Waals surface area (Å²) >= 11 is 0. The fraction of sp³-hybridized carbons (Fsp3) is 0.857. The van der Waals surface area contributed by atoms with Crippen LogP contribution in [0.4, 0.5) is 0 Å². The van der Waals surface area contributed by atoms with E-state index < -0.39 is 0 Å². The van der Waals surface area contributed by atoms with Crippen LogP contribution in [0.25, 0.3) is 0 Å². The van der Waals surface area contributed by atoms with Crippen LogP contribution in [0, 0.1) is 11.8 Å². The molecule has 1 N–H and O–H groups in total. The molecule has 0 spiro atoms. The number of rotatable bonds is 7. The largest absolute Gasteiger partial charge is 0.319 e. The zero-order valence-electron chi connectivity index (χ0n) is 12.6. The summed E-state index contributed by atoms with van der Waals surface area (Å²) in [7, 11) is 1.99. The highest BCUT2D eigenvalue weighted by molar-refractivity contribution is 4.93. The van der Waals surface area contributed by atoms with Gasteiger partial charge >= 0.3 is 0 Å². The Morgan fingerprint density at radius 2 is 1.67 bits per heavy atom. The Kier molecular flexibility index (Phi) is 5.79. The van der Waals surface area contributed by atoms with Crippen LogP contribution in [-0.2, 0) is 7.05 Å². The first-order valence-corrected chi connectivity index (χ1v) is 7.00. The summed E-state index contributed by atoms with van der Waals surface area (Å²) in [5.74, 6) is 2.44. The van der Waals surface area contributed by atoms with E-state index >= 15 is 0 Å². The Morgan fingerprint density at radius 1 is 1.11 bits per heavy atom. The second-order valence-corrected chi connectivity index (χ2v) is 6.14. The molecule has 0 aliphatic carbocycles. The lowest BCUT2D eigenvalue weighted by Gasteiger charge is -2.25. The molecule has 0 aliphatic heterocycles. The van der Waals surface area contributed by atoms with Crippen LogP contribution in [-0.4, -0.2) is 20.8 Å². The number of nitrogens with zero attached hydrogens (tertiary/aromatic N) is 3. The van der Waals surface area contributed by atoms with Crippen LogP contribution >= 0.6 is 0 Å². The molecule has 0 bridgehead atoms. The van der Waals surface area contributed by atoms with E-state index in [9.17, 15) is 0 Å². The maximum atomic E-state index is 4.18. The van der Waals surface area contributed by atoms with Gasteiger partial charge in [-0.25, -0.2) is 0 Å². The standard InChI is InChI=1S/C14H28N4/c1-10(2)7-13(8-11(3)4)16-12(5)14-17-15-9-18(14)6/h9-13,16H,7-8H2,1-6H3. The molecular formula is C14H28N4. The first-order valence-electron chi connectivity index (χ1n) is 7.00.